The third-order valence-electron chi connectivity index (χ3n) is 3.18. The van der Waals surface area contributed by atoms with Crippen LogP contribution < -0.4 is 5.32 Å². The molecule has 1 rings (SSSR count). The average Bonchev–Trinajstić information content (AvgIpc) is 2.19. The molecule has 1 aromatic rings. The van der Waals surface area contributed by atoms with Gasteiger partial charge in [0.1, 0.15) is 0 Å². The Kier molecular flexibility index (Phi) is 4.28. The van der Waals surface area contributed by atoms with Crippen molar-refractivity contribution in [1.29, 1.82) is 0 Å². The molecule has 0 saturated heterocycles. The van der Waals surface area contributed by atoms with Crippen LogP contribution in [0.1, 0.15) is 33.4 Å². The molecular formula is C13H22N2. The van der Waals surface area contributed by atoms with Crippen molar-refractivity contribution in [3.8, 4) is 0 Å². The normalized spacial score (nSPS) is 12.1. The number of nitrogens with one attached hydrogen (secondary N) is 1. The standard InChI is InChI=1S/C13H22N2/c1-11(2)13(3,4)10-14-9-12-7-5-6-8-15-12/h5-8,11,14H,9-10H2,1-4H3. The van der Waals surface area contributed by atoms with Gasteiger partial charge in [-0.05, 0) is 23.5 Å². The maximum Gasteiger partial charge on any atom is 0.0541 e. The highest BCUT2D eigenvalue weighted by atomic mass is 14.9. The zero-order valence-corrected chi connectivity index (χ0v) is 10.2. The van der Waals surface area contributed by atoms with Crippen LogP contribution in [0.15, 0.2) is 24.4 Å². The van der Waals surface area contributed by atoms with E-state index in [0.717, 1.165) is 18.8 Å². The van der Waals surface area contributed by atoms with Crippen LogP contribution in [0.25, 0.3) is 0 Å². The molecule has 1 heterocycles. The number of hydrogen-bond donors (Lipinski definition) is 1. The predicted octanol–water partition coefficient (Wildman–Crippen LogP) is 2.85. The summed E-state index contributed by atoms with van der Waals surface area (Å²) in [6.45, 7) is 11.0. The Bertz CT molecular complexity index is 278. The highest BCUT2D eigenvalue weighted by Crippen LogP contribution is 2.24. The minimum Gasteiger partial charge on any atom is -0.311 e. The molecule has 0 atom stereocenters. The summed E-state index contributed by atoms with van der Waals surface area (Å²) < 4.78 is 0. The first-order valence-electron chi connectivity index (χ1n) is 5.63. The Morgan fingerprint density at radius 2 is 2.07 bits per heavy atom. The minimum atomic E-state index is 0.342. The number of pyridine rings is 1. The van der Waals surface area contributed by atoms with Gasteiger partial charge in [-0.1, -0.05) is 33.8 Å². The van der Waals surface area contributed by atoms with Crippen LogP contribution in [0.3, 0.4) is 0 Å². The summed E-state index contributed by atoms with van der Waals surface area (Å²) in [4.78, 5) is 4.28. The van der Waals surface area contributed by atoms with Gasteiger partial charge in [-0.15, -0.1) is 0 Å². The maximum atomic E-state index is 4.28. The molecule has 0 fully saturated rings. The molecule has 0 amide bonds. The molecule has 0 spiro atoms. The number of nitrogens with zero attached hydrogens (tertiary/aromatic N) is 1. The number of rotatable bonds is 5. The van der Waals surface area contributed by atoms with Crippen molar-refractivity contribution in [2.45, 2.75) is 34.2 Å². The summed E-state index contributed by atoms with van der Waals surface area (Å²) in [6.07, 6.45) is 1.84. The Balaban J connectivity index is 2.34. The third kappa shape index (κ3) is 4.00. The molecule has 1 N–H and O–H groups in total. The number of hydrogen-bond acceptors (Lipinski definition) is 2. The first-order chi connectivity index (χ1) is 7.02. The van der Waals surface area contributed by atoms with Gasteiger partial charge >= 0.3 is 0 Å². The highest BCUT2D eigenvalue weighted by molar-refractivity contribution is 5.02. The molecule has 0 aliphatic rings. The zero-order valence-electron chi connectivity index (χ0n) is 10.2. The molecule has 84 valence electrons. The molecule has 2 heteroatoms. The van der Waals surface area contributed by atoms with E-state index in [1.165, 1.54) is 0 Å². The Labute approximate surface area is 93.1 Å². The predicted molar refractivity (Wildman–Crippen MR) is 64.6 cm³/mol. The molecule has 0 aromatic carbocycles. The van der Waals surface area contributed by atoms with Crippen molar-refractivity contribution >= 4 is 0 Å². The lowest BCUT2D eigenvalue weighted by Crippen LogP contribution is -2.33. The summed E-state index contributed by atoms with van der Waals surface area (Å²) in [6, 6.07) is 6.02. The van der Waals surface area contributed by atoms with E-state index in [1.807, 2.05) is 18.3 Å². The van der Waals surface area contributed by atoms with E-state index < -0.39 is 0 Å². The summed E-state index contributed by atoms with van der Waals surface area (Å²) in [5.41, 5.74) is 1.45. The van der Waals surface area contributed by atoms with Crippen LogP contribution >= 0.6 is 0 Å². The summed E-state index contributed by atoms with van der Waals surface area (Å²) in [7, 11) is 0. The third-order valence-corrected chi connectivity index (χ3v) is 3.18. The van der Waals surface area contributed by atoms with Crippen molar-refractivity contribution in [3.63, 3.8) is 0 Å². The first-order valence-corrected chi connectivity index (χ1v) is 5.63. The molecule has 0 aliphatic carbocycles. The Hall–Kier alpha value is -0.890. The van der Waals surface area contributed by atoms with E-state index in [-0.39, 0.29) is 0 Å². The largest absolute Gasteiger partial charge is 0.311 e. The van der Waals surface area contributed by atoms with Gasteiger partial charge in [0.2, 0.25) is 0 Å². The van der Waals surface area contributed by atoms with Crippen LogP contribution in [0.5, 0.6) is 0 Å². The molecular weight excluding hydrogens is 184 g/mol. The van der Waals surface area contributed by atoms with Gasteiger partial charge < -0.3 is 5.32 Å². The SMILES string of the molecule is CC(C)C(C)(C)CNCc1ccccn1. The van der Waals surface area contributed by atoms with Gasteiger partial charge in [-0.3, -0.25) is 4.98 Å². The molecule has 0 aliphatic heterocycles. The van der Waals surface area contributed by atoms with E-state index in [0.29, 0.717) is 11.3 Å². The lowest BCUT2D eigenvalue weighted by molar-refractivity contribution is 0.237. The second kappa shape index (κ2) is 5.26. The summed E-state index contributed by atoms with van der Waals surface area (Å²) in [5, 5.41) is 3.46. The van der Waals surface area contributed by atoms with Crippen LogP contribution in [0, 0.1) is 11.3 Å². The van der Waals surface area contributed by atoms with Crippen LogP contribution in [0.4, 0.5) is 0 Å². The van der Waals surface area contributed by atoms with Gasteiger partial charge in [0, 0.05) is 19.3 Å². The van der Waals surface area contributed by atoms with Crippen LogP contribution in [0.2, 0.25) is 0 Å². The molecule has 0 saturated carbocycles. The zero-order chi connectivity index (χ0) is 11.3. The van der Waals surface area contributed by atoms with E-state index in [2.05, 4.69) is 44.1 Å². The van der Waals surface area contributed by atoms with E-state index in [4.69, 9.17) is 0 Å². The van der Waals surface area contributed by atoms with Crippen molar-refractivity contribution in [1.82, 2.24) is 10.3 Å². The molecule has 2 nitrogen and oxygen atoms in total. The quantitative estimate of drug-likeness (QED) is 0.801. The first kappa shape index (κ1) is 12.2. The van der Waals surface area contributed by atoms with E-state index in [1.54, 1.807) is 0 Å². The molecule has 0 bridgehead atoms. The Morgan fingerprint density at radius 1 is 1.33 bits per heavy atom. The molecule has 0 radical (unpaired) electrons. The van der Waals surface area contributed by atoms with Gasteiger partial charge in [0.15, 0.2) is 0 Å². The minimum absolute atomic E-state index is 0.342. The molecule has 0 unspecified atom stereocenters. The fraction of sp³-hybridized carbons (Fsp3) is 0.615. The molecule has 1 aromatic heterocycles. The summed E-state index contributed by atoms with van der Waals surface area (Å²) in [5.74, 6) is 0.689. The fourth-order valence-electron chi connectivity index (χ4n) is 1.22. The van der Waals surface area contributed by atoms with Crippen LogP contribution in [-0.2, 0) is 6.54 Å². The number of aromatic nitrogens is 1. The Morgan fingerprint density at radius 3 is 2.60 bits per heavy atom. The summed E-state index contributed by atoms with van der Waals surface area (Å²) >= 11 is 0. The topological polar surface area (TPSA) is 24.9 Å². The van der Waals surface area contributed by atoms with Crippen molar-refractivity contribution < 1.29 is 0 Å². The smallest absolute Gasteiger partial charge is 0.0541 e. The van der Waals surface area contributed by atoms with Gasteiger partial charge in [0.25, 0.3) is 0 Å². The fourth-order valence-corrected chi connectivity index (χ4v) is 1.22. The van der Waals surface area contributed by atoms with E-state index in [9.17, 15) is 0 Å². The monoisotopic (exact) mass is 206 g/mol. The lowest BCUT2D eigenvalue weighted by Gasteiger charge is -2.29. The van der Waals surface area contributed by atoms with Crippen molar-refractivity contribution in [2.24, 2.45) is 11.3 Å². The van der Waals surface area contributed by atoms with Crippen molar-refractivity contribution in [2.75, 3.05) is 6.54 Å². The second-order valence-corrected chi connectivity index (χ2v) is 5.07. The maximum absolute atomic E-state index is 4.28. The van der Waals surface area contributed by atoms with Crippen molar-refractivity contribution in [3.05, 3.63) is 30.1 Å². The van der Waals surface area contributed by atoms with Gasteiger partial charge in [-0.2, -0.15) is 0 Å². The second-order valence-electron chi connectivity index (χ2n) is 5.07. The highest BCUT2D eigenvalue weighted by Gasteiger charge is 2.21. The average molecular weight is 206 g/mol. The lowest BCUT2D eigenvalue weighted by atomic mass is 9.81. The van der Waals surface area contributed by atoms with Gasteiger partial charge in [0.05, 0.1) is 5.69 Å². The molecule has 15 heavy (non-hydrogen) atoms. The van der Waals surface area contributed by atoms with E-state index >= 15 is 0 Å². The van der Waals surface area contributed by atoms with Gasteiger partial charge in [-0.25, -0.2) is 0 Å². The van der Waals surface area contributed by atoms with Crippen LogP contribution in [-0.4, -0.2) is 11.5 Å².